The summed E-state index contributed by atoms with van der Waals surface area (Å²) in [6, 6.07) is -1.44. The molecule has 5 atom stereocenters. The molecule has 1 aliphatic heterocycles. The van der Waals surface area contributed by atoms with Gasteiger partial charge in [0.1, 0.15) is 18.3 Å². The van der Waals surface area contributed by atoms with Gasteiger partial charge in [-0.3, -0.25) is 0 Å². The van der Waals surface area contributed by atoms with Crippen LogP contribution in [0, 0.1) is 132 Å². The van der Waals surface area contributed by atoms with Crippen LogP contribution in [0.2, 0.25) is 0 Å². The van der Waals surface area contributed by atoms with Gasteiger partial charge in [-0.2, -0.15) is 0 Å². The molecule has 1 rings (SSSR count). The predicted molar refractivity (Wildman–Crippen MR) is 58.6 cm³/mol. The Morgan fingerprint density at radius 2 is 2.00 bits per heavy atom. The fraction of sp³-hybridized carbons (Fsp3) is 0.778. The van der Waals surface area contributed by atoms with Crippen LogP contribution in [0.4, 0.5) is 0 Å². The summed E-state index contributed by atoms with van der Waals surface area (Å²) in [6.07, 6.45) is -2.10. The van der Waals surface area contributed by atoms with Crippen molar-refractivity contribution in [3.05, 3.63) is 22.3 Å². The van der Waals surface area contributed by atoms with Gasteiger partial charge in [-0.1, -0.05) is 5.11 Å². The zero-order valence-corrected chi connectivity index (χ0v) is 25.3. The normalized spacial score (nSPS) is 27.1. The Morgan fingerprint density at radius 1 is 1.45 bits per heavy atom. The van der Waals surface area contributed by atoms with Crippen LogP contribution in [0.15, 0.2) is 16.9 Å². The molecule has 1 heterocycles. The Bertz CT molecular complexity index is 354. The molecule has 8 nitrogen and oxygen atoms in total. The number of ether oxygens (including phenoxy) is 1. The van der Waals surface area contributed by atoms with Crippen molar-refractivity contribution in [3.63, 3.8) is 0 Å². The third kappa shape index (κ3) is 8.21. The third-order valence-corrected chi connectivity index (χ3v) is 2.60. The van der Waals surface area contributed by atoms with Gasteiger partial charge in [0.2, 0.25) is 0 Å². The molecule has 0 aliphatic carbocycles. The van der Waals surface area contributed by atoms with Crippen LogP contribution in [0.1, 0.15) is 6.92 Å². The number of aliphatic hydroxyl groups excluding tert-OH is 3. The first-order valence-corrected chi connectivity index (χ1v) is 5.13. The molecular weight excluding hydrogens is 909 g/mol. The minimum Gasteiger partial charge on any atom is -0.491 e. The van der Waals surface area contributed by atoms with Gasteiger partial charge in [-0.15, -0.1) is 0 Å². The van der Waals surface area contributed by atoms with Gasteiger partial charge < -0.3 is 25.8 Å². The second-order valence-corrected chi connectivity index (χ2v) is 3.87. The van der Waals surface area contributed by atoms with Crippen LogP contribution in [0.5, 0.6) is 0 Å². The van der Waals surface area contributed by atoms with E-state index in [4.69, 9.17) is 21.1 Å². The number of rotatable bonds is 4. The molecule has 0 amide bonds. The number of azide groups is 1. The minimum absolute atomic E-state index is 0. The van der Waals surface area contributed by atoms with E-state index in [1.807, 2.05) is 0 Å². The molecule has 1 aliphatic rings. The fourth-order valence-corrected chi connectivity index (χ4v) is 1.67. The second kappa shape index (κ2) is 14.4. The Hall–Kier alpha value is 3.01. The van der Waals surface area contributed by atoms with Crippen molar-refractivity contribution in [1.82, 2.24) is 0 Å². The van der Waals surface area contributed by atoms with Crippen LogP contribution < -0.4 is 5.73 Å². The van der Waals surface area contributed by atoms with E-state index in [1.165, 1.54) is 0 Å². The van der Waals surface area contributed by atoms with E-state index in [0.717, 1.165) is 0 Å². The van der Waals surface area contributed by atoms with Gasteiger partial charge in [0.05, 0.1) is 24.4 Å². The Kier molecular flexibility index (Phi) is 20.0. The van der Waals surface area contributed by atoms with Crippen LogP contribution in [-0.2, 0) is 4.74 Å². The second-order valence-electron chi connectivity index (χ2n) is 3.87. The molecular formula is C9H16Ac3N4O4. The van der Waals surface area contributed by atoms with E-state index < -0.39 is 37.0 Å². The summed E-state index contributed by atoms with van der Waals surface area (Å²) in [7, 11) is 0. The number of hydrogen-bond acceptors (Lipinski definition) is 6. The van der Waals surface area contributed by atoms with E-state index in [0.29, 0.717) is 5.76 Å². The average molecular weight is 925 g/mol. The molecule has 0 unspecified atom stereocenters. The maximum Gasteiger partial charge on any atom is 0.142 e. The monoisotopic (exact) mass is 925 g/mol. The third-order valence-electron chi connectivity index (χ3n) is 2.60. The van der Waals surface area contributed by atoms with Gasteiger partial charge in [0.15, 0.2) is 0 Å². The van der Waals surface area contributed by atoms with Crippen molar-refractivity contribution in [2.24, 2.45) is 10.8 Å². The smallest absolute Gasteiger partial charge is 0.142 e. The molecule has 11 heteroatoms. The van der Waals surface area contributed by atoms with E-state index in [2.05, 4.69) is 10.0 Å². The zero-order valence-electron chi connectivity index (χ0n) is 11.1. The predicted octanol–water partition coefficient (Wildman–Crippen LogP) is -0.991. The van der Waals surface area contributed by atoms with Gasteiger partial charge >= 0.3 is 0 Å². The van der Waals surface area contributed by atoms with Gasteiger partial charge in [-0.05, 0) is 18.5 Å². The molecule has 105 valence electrons. The summed E-state index contributed by atoms with van der Waals surface area (Å²) in [4.78, 5) is 2.65. The largest absolute Gasteiger partial charge is 0.491 e. The average Bonchev–Trinajstić information content (AvgIpc) is 2.31. The van der Waals surface area contributed by atoms with Gasteiger partial charge in [0.25, 0.3) is 0 Å². The molecule has 0 aromatic rings. The Labute approximate surface area is 224 Å². The first-order valence-electron chi connectivity index (χ1n) is 5.13. The number of hydrogen-bond donors (Lipinski definition) is 4. The van der Waals surface area contributed by atoms with Crippen LogP contribution in [0.25, 0.3) is 10.4 Å². The number of nitrogens with zero attached hydrogens (tertiary/aromatic N) is 3. The van der Waals surface area contributed by atoms with Crippen molar-refractivity contribution in [3.8, 4) is 0 Å². The Balaban J connectivity index is -0.000000963. The van der Waals surface area contributed by atoms with E-state index in [9.17, 15) is 10.2 Å². The molecule has 0 saturated heterocycles. The molecule has 0 aromatic heterocycles. The molecule has 0 spiro atoms. The van der Waals surface area contributed by atoms with Crippen molar-refractivity contribution in [1.29, 1.82) is 0 Å². The fourth-order valence-electron chi connectivity index (χ4n) is 1.67. The minimum atomic E-state index is -1.36. The summed E-state index contributed by atoms with van der Waals surface area (Å²) in [5, 5.41) is 31.3. The number of allylic oxidation sites excluding steroid dienone is 1. The number of nitrogens with two attached hydrogens (primary N) is 1. The van der Waals surface area contributed by atoms with E-state index >= 15 is 0 Å². The molecule has 0 bridgehead atoms. The zero-order chi connectivity index (χ0) is 13.0. The summed E-state index contributed by atoms with van der Waals surface area (Å²) < 4.78 is 5.29. The van der Waals surface area contributed by atoms with Crippen molar-refractivity contribution in [2.75, 3.05) is 6.61 Å². The van der Waals surface area contributed by atoms with Crippen LogP contribution in [0.3, 0.4) is 0 Å². The number of aliphatic hydroxyl groups is 3. The molecule has 0 fully saturated rings. The van der Waals surface area contributed by atoms with Gasteiger partial charge in [-0.25, -0.2) is 0 Å². The summed E-state index contributed by atoms with van der Waals surface area (Å²) in [5.74, 6) is 0.443. The maximum absolute atomic E-state index is 9.74. The topological polar surface area (TPSA) is 145 Å². The molecule has 0 saturated carbocycles. The van der Waals surface area contributed by atoms with E-state index in [-0.39, 0.29) is 132 Å². The first-order chi connectivity index (χ1) is 8.01. The SMILES string of the molecule is CC1=C[C@H](N=[N+]=[N-])[C@@H](N)[C@H]([C@@H](O)[C@@H](O)CO)O1.[Ac].[Ac].[Ac]. The Morgan fingerprint density at radius 3 is 2.45 bits per heavy atom. The standard InChI is InChI=1S/C9H16N4O4.3Ac/c1-4-2-5(12-13-11)7(10)9(17-4)8(16)6(15)3-14;;;/h2,5-9,14-16H,3,10H2,1H3;;;/t5-,6-,7+,8-,9+;;;/m0.../s1. The first kappa shape index (κ1) is 27.8. The summed E-state index contributed by atoms with van der Waals surface area (Å²) >= 11 is 0. The molecule has 0 aromatic carbocycles. The van der Waals surface area contributed by atoms with E-state index in [1.54, 1.807) is 13.0 Å². The maximum atomic E-state index is 9.74. The van der Waals surface area contributed by atoms with Crippen molar-refractivity contribution in [2.45, 2.75) is 37.3 Å². The molecule has 20 heavy (non-hydrogen) atoms. The van der Waals surface area contributed by atoms with Crippen molar-refractivity contribution < 1.29 is 152 Å². The molecule has 3 radical (unpaired) electrons. The molecule has 5 N–H and O–H groups in total. The quantitative estimate of drug-likeness (QED) is 0.163. The van der Waals surface area contributed by atoms with Crippen LogP contribution >= 0.6 is 0 Å². The summed E-state index contributed by atoms with van der Waals surface area (Å²) in [6.45, 7) is 1.01. The van der Waals surface area contributed by atoms with Crippen LogP contribution in [-0.4, -0.2) is 52.3 Å². The van der Waals surface area contributed by atoms with Crippen molar-refractivity contribution >= 4 is 0 Å². The summed E-state index contributed by atoms with van der Waals surface area (Å²) in [5.41, 5.74) is 14.2. The van der Waals surface area contributed by atoms with Gasteiger partial charge in [0, 0.05) is 137 Å².